The molecule has 1 heterocycles. The zero-order valence-corrected chi connectivity index (χ0v) is 11.0. The third-order valence-electron chi connectivity index (χ3n) is 2.58. The SMILES string of the molecule is CCOC(=O)NCCn1cnc(C(C)C)c1C. The molecule has 0 aliphatic rings. The van der Waals surface area contributed by atoms with Gasteiger partial charge in [-0.15, -0.1) is 0 Å². The summed E-state index contributed by atoms with van der Waals surface area (Å²) in [5.41, 5.74) is 2.27. The van der Waals surface area contributed by atoms with Crippen molar-refractivity contribution in [1.29, 1.82) is 0 Å². The molecule has 0 saturated heterocycles. The normalized spacial score (nSPS) is 10.6. The van der Waals surface area contributed by atoms with Crippen LogP contribution >= 0.6 is 0 Å². The van der Waals surface area contributed by atoms with E-state index in [9.17, 15) is 4.79 Å². The second-order valence-electron chi connectivity index (χ2n) is 4.21. The first kappa shape index (κ1) is 13.5. The van der Waals surface area contributed by atoms with Gasteiger partial charge in [-0.3, -0.25) is 0 Å². The van der Waals surface area contributed by atoms with Crippen LogP contribution in [0.4, 0.5) is 4.79 Å². The molecule has 0 aliphatic heterocycles. The van der Waals surface area contributed by atoms with Crippen molar-refractivity contribution < 1.29 is 9.53 Å². The van der Waals surface area contributed by atoms with Gasteiger partial charge in [0.1, 0.15) is 0 Å². The summed E-state index contributed by atoms with van der Waals surface area (Å²) in [6.45, 7) is 9.74. The molecule has 0 unspecified atom stereocenters. The summed E-state index contributed by atoms with van der Waals surface area (Å²) in [6.07, 6.45) is 1.45. The predicted octanol–water partition coefficient (Wildman–Crippen LogP) is 2.06. The molecular formula is C12H21N3O2. The molecule has 1 rings (SSSR count). The van der Waals surface area contributed by atoms with E-state index in [1.165, 1.54) is 0 Å². The van der Waals surface area contributed by atoms with Crippen molar-refractivity contribution >= 4 is 6.09 Å². The summed E-state index contributed by atoms with van der Waals surface area (Å²) >= 11 is 0. The predicted molar refractivity (Wildman–Crippen MR) is 66.1 cm³/mol. The number of nitrogens with zero attached hydrogens (tertiary/aromatic N) is 2. The van der Waals surface area contributed by atoms with Crippen LogP contribution in [0.15, 0.2) is 6.33 Å². The first-order chi connectivity index (χ1) is 8.06. The van der Waals surface area contributed by atoms with Crippen LogP contribution in [0.1, 0.15) is 38.1 Å². The van der Waals surface area contributed by atoms with Crippen molar-refractivity contribution in [2.75, 3.05) is 13.2 Å². The highest BCUT2D eigenvalue weighted by Crippen LogP contribution is 2.16. The van der Waals surface area contributed by atoms with Gasteiger partial charge in [0.15, 0.2) is 0 Å². The van der Waals surface area contributed by atoms with E-state index >= 15 is 0 Å². The Balaban J connectivity index is 2.45. The average Bonchev–Trinajstić information content (AvgIpc) is 2.61. The van der Waals surface area contributed by atoms with Gasteiger partial charge in [0.2, 0.25) is 0 Å². The van der Waals surface area contributed by atoms with Crippen molar-refractivity contribution in [3.63, 3.8) is 0 Å². The smallest absolute Gasteiger partial charge is 0.407 e. The maximum Gasteiger partial charge on any atom is 0.407 e. The number of carbonyl (C=O) groups excluding carboxylic acids is 1. The number of carbonyl (C=O) groups is 1. The first-order valence-electron chi connectivity index (χ1n) is 5.98. The van der Waals surface area contributed by atoms with Crippen LogP contribution < -0.4 is 5.32 Å². The monoisotopic (exact) mass is 239 g/mol. The largest absolute Gasteiger partial charge is 0.450 e. The van der Waals surface area contributed by atoms with Crippen molar-refractivity contribution in [2.24, 2.45) is 0 Å². The summed E-state index contributed by atoms with van der Waals surface area (Å²) in [7, 11) is 0. The maximum absolute atomic E-state index is 11.1. The van der Waals surface area contributed by atoms with Crippen LogP contribution in [-0.2, 0) is 11.3 Å². The fourth-order valence-electron chi connectivity index (χ4n) is 1.71. The van der Waals surface area contributed by atoms with Gasteiger partial charge in [0.25, 0.3) is 0 Å². The molecule has 1 amide bonds. The third kappa shape index (κ3) is 3.76. The Hall–Kier alpha value is -1.52. The fourth-order valence-corrected chi connectivity index (χ4v) is 1.71. The summed E-state index contributed by atoms with van der Waals surface area (Å²) in [6, 6.07) is 0. The number of alkyl carbamates (subject to hydrolysis) is 1. The van der Waals surface area contributed by atoms with Crippen LogP contribution in [0, 0.1) is 6.92 Å². The Labute approximate surface area is 102 Å². The number of hydrogen-bond acceptors (Lipinski definition) is 3. The van der Waals surface area contributed by atoms with E-state index in [0.717, 1.165) is 11.4 Å². The molecule has 0 radical (unpaired) electrons. The van der Waals surface area contributed by atoms with Gasteiger partial charge < -0.3 is 14.6 Å². The molecule has 96 valence electrons. The standard InChI is InChI=1S/C12H21N3O2/c1-5-17-12(16)13-6-7-15-8-14-11(9(2)3)10(15)4/h8-9H,5-7H2,1-4H3,(H,13,16). The lowest BCUT2D eigenvalue weighted by Crippen LogP contribution is -2.27. The third-order valence-corrected chi connectivity index (χ3v) is 2.58. The van der Waals surface area contributed by atoms with Crippen LogP contribution in [-0.4, -0.2) is 28.8 Å². The lowest BCUT2D eigenvalue weighted by Gasteiger charge is -2.08. The molecule has 0 bridgehead atoms. The van der Waals surface area contributed by atoms with Crippen LogP contribution in [0.3, 0.4) is 0 Å². The Morgan fingerprint density at radius 2 is 2.29 bits per heavy atom. The fraction of sp³-hybridized carbons (Fsp3) is 0.667. The second kappa shape index (κ2) is 6.27. The number of nitrogens with one attached hydrogen (secondary N) is 1. The summed E-state index contributed by atoms with van der Waals surface area (Å²) in [5.74, 6) is 0.425. The quantitative estimate of drug-likeness (QED) is 0.855. The Morgan fingerprint density at radius 3 is 2.82 bits per heavy atom. The molecule has 0 aliphatic carbocycles. The van der Waals surface area contributed by atoms with Crippen LogP contribution in [0.5, 0.6) is 0 Å². The number of aromatic nitrogens is 2. The maximum atomic E-state index is 11.1. The Morgan fingerprint density at radius 1 is 1.59 bits per heavy atom. The molecule has 0 fully saturated rings. The molecule has 1 N–H and O–H groups in total. The van der Waals surface area contributed by atoms with E-state index in [1.54, 1.807) is 6.92 Å². The van der Waals surface area contributed by atoms with Gasteiger partial charge in [0, 0.05) is 18.8 Å². The number of amides is 1. The molecule has 1 aromatic heterocycles. The van der Waals surface area contributed by atoms with E-state index in [-0.39, 0.29) is 6.09 Å². The van der Waals surface area contributed by atoms with E-state index in [2.05, 4.69) is 24.1 Å². The van der Waals surface area contributed by atoms with Crippen molar-refractivity contribution in [3.8, 4) is 0 Å². The first-order valence-corrected chi connectivity index (χ1v) is 5.98. The average molecular weight is 239 g/mol. The van der Waals surface area contributed by atoms with Gasteiger partial charge >= 0.3 is 6.09 Å². The topological polar surface area (TPSA) is 56.1 Å². The minimum absolute atomic E-state index is 0.366. The van der Waals surface area contributed by atoms with Gasteiger partial charge in [-0.1, -0.05) is 13.8 Å². The molecule has 5 heteroatoms. The number of rotatable bonds is 5. The van der Waals surface area contributed by atoms with Crippen molar-refractivity contribution in [2.45, 2.75) is 40.2 Å². The number of ether oxygens (including phenoxy) is 1. The van der Waals surface area contributed by atoms with Crippen molar-refractivity contribution in [3.05, 3.63) is 17.7 Å². The highest BCUT2D eigenvalue weighted by Gasteiger charge is 2.09. The highest BCUT2D eigenvalue weighted by atomic mass is 16.5. The number of imidazole rings is 1. The van der Waals surface area contributed by atoms with Crippen molar-refractivity contribution in [1.82, 2.24) is 14.9 Å². The van der Waals surface area contributed by atoms with E-state index in [1.807, 2.05) is 17.8 Å². The lowest BCUT2D eigenvalue weighted by atomic mass is 10.1. The summed E-state index contributed by atoms with van der Waals surface area (Å²) < 4.78 is 6.82. The molecule has 0 atom stereocenters. The molecule has 0 saturated carbocycles. The Kier molecular flexibility index (Phi) is 5.00. The van der Waals surface area contributed by atoms with Crippen LogP contribution in [0.2, 0.25) is 0 Å². The minimum Gasteiger partial charge on any atom is -0.450 e. The second-order valence-corrected chi connectivity index (χ2v) is 4.21. The van der Waals surface area contributed by atoms with E-state index in [4.69, 9.17) is 4.74 Å². The molecule has 17 heavy (non-hydrogen) atoms. The summed E-state index contributed by atoms with van der Waals surface area (Å²) in [5, 5.41) is 2.69. The van der Waals surface area contributed by atoms with Gasteiger partial charge in [-0.05, 0) is 19.8 Å². The lowest BCUT2D eigenvalue weighted by molar-refractivity contribution is 0.152. The van der Waals surface area contributed by atoms with E-state index < -0.39 is 0 Å². The minimum atomic E-state index is -0.366. The molecule has 5 nitrogen and oxygen atoms in total. The zero-order valence-electron chi connectivity index (χ0n) is 11.0. The zero-order chi connectivity index (χ0) is 12.8. The highest BCUT2D eigenvalue weighted by molar-refractivity contribution is 5.66. The molecule has 1 aromatic rings. The molecular weight excluding hydrogens is 218 g/mol. The van der Waals surface area contributed by atoms with E-state index in [0.29, 0.717) is 25.6 Å². The van der Waals surface area contributed by atoms with Gasteiger partial charge in [0.05, 0.1) is 18.6 Å². The molecule has 0 spiro atoms. The summed E-state index contributed by atoms with van der Waals surface area (Å²) in [4.78, 5) is 15.4. The molecule has 0 aromatic carbocycles. The van der Waals surface area contributed by atoms with Gasteiger partial charge in [-0.2, -0.15) is 0 Å². The van der Waals surface area contributed by atoms with Gasteiger partial charge in [-0.25, -0.2) is 9.78 Å². The Bertz CT molecular complexity index is 372. The number of hydrogen-bond donors (Lipinski definition) is 1. The van der Waals surface area contributed by atoms with Crippen LogP contribution in [0.25, 0.3) is 0 Å².